The van der Waals surface area contributed by atoms with Gasteiger partial charge in [0.25, 0.3) is 5.56 Å². The van der Waals surface area contributed by atoms with Crippen molar-refractivity contribution in [3.05, 3.63) is 51.3 Å². The number of nitrogens with zero attached hydrogens (tertiary/aromatic N) is 5. The zero-order valence-electron chi connectivity index (χ0n) is 15.4. The van der Waals surface area contributed by atoms with Crippen molar-refractivity contribution in [1.29, 1.82) is 5.26 Å². The van der Waals surface area contributed by atoms with Gasteiger partial charge in [-0.25, -0.2) is 15.0 Å². The zero-order valence-corrected chi connectivity index (χ0v) is 16.1. The molecule has 0 radical (unpaired) electrons. The highest BCUT2D eigenvalue weighted by Crippen LogP contribution is 2.24. The summed E-state index contributed by atoms with van der Waals surface area (Å²) >= 11 is 6.18. The van der Waals surface area contributed by atoms with Crippen molar-refractivity contribution in [3.8, 4) is 6.07 Å². The van der Waals surface area contributed by atoms with Gasteiger partial charge in [-0.05, 0) is 19.1 Å². The average molecular weight is 416 g/mol. The maximum Gasteiger partial charge on any atom is 0.263 e. The molecule has 29 heavy (non-hydrogen) atoms. The number of fused-ring (bicyclic) bond motifs is 1. The second-order valence-corrected chi connectivity index (χ2v) is 6.72. The van der Waals surface area contributed by atoms with E-state index in [4.69, 9.17) is 17.3 Å². The second-order valence-electron chi connectivity index (χ2n) is 6.32. The van der Waals surface area contributed by atoms with Crippen molar-refractivity contribution in [3.63, 3.8) is 0 Å². The van der Waals surface area contributed by atoms with Crippen molar-refractivity contribution in [2.75, 3.05) is 17.7 Å². The van der Waals surface area contributed by atoms with Gasteiger partial charge in [-0.15, -0.1) is 0 Å². The summed E-state index contributed by atoms with van der Waals surface area (Å²) in [7, 11) is 0. The van der Waals surface area contributed by atoms with Gasteiger partial charge >= 0.3 is 0 Å². The van der Waals surface area contributed by atoms with E-state index in [1.165, 1.54) is 10.9 Å². The Kier molecular flexibility index (Phi) is 5.93. The quantitative estimate of drug-likeness (QED) is 0.456. The maximum absolute atomic E-state index is 13.1. The number of nitriles is 1. The molecule has 2 aromatic heterocycles. The minimum atomic E-state index is -1.18. The summed E-state index contributed by atoms with van der Waals surface area (Å²) in [5.41, 5.74) is 5.70. The predicted octanol–water partition coefficient (Wildman–Crippen LogP) is 0.820. The van der Waals surface area contributed by atoms with Gasteiger partial charge in [-0.2, -0.15) is 5.26 Å². The van der Waals surface area contributed by atoms with Crippen molar-refractivity contribution in [2.45, 2.75) is 25.6 Å². The Bertz CT molecular complexity index is 1160. The summed E-state index contributed by atoms with van der Waals surface area (Å²) in [6.07, 6.45) is 0.0336. The number of rotatable bonds is 6. The molecule has 0 fully saturated rings. The third kappa shape index (κ3) is 3.97. The van der Waals surface area contributed by atoms with E-state index in [-0.39, 0.29) is 40.0 Å². The molecule has 0 aliphatic heterocycles. The lowest BCUT2D eigenvalue weighted by atomic mass is 10.2. The van der Waals surface area contributed by atoms with E-state index < -0.39 is 24.3 Å². The topological polar surface area (TPSA) is 163 Å². The van der Waals surface area contributed by atoms with Gasteiger partial charge in [-0.3, -0.25) is 9.36 Å². The van der Waals surface area contributed by atoms with Crippen LogP contribution in [0.15, 0.2) is 29.3 Å². The molecule has 5 N–H and O–H groups in total. The molecule has 11 heteroatoms. The molecule has 0 bridgehead atoms. The Balaban J connectivity index is 2.15. The summed E-state index contributed by atoms with van der Waals surface area (Å²) < 4.78 is 1.24. The second kappa shape index (κ2) is 8.40. The van der Waals surface area contributed by atoms with Crippen molar-refractivity contribution >= 4 is 34.1 Å². The Morgan fingerprint density at radius 2 is 2.17 bits per heavy atom. The first kappa shape index (κ1) is 20.5. The molecular weight excluding hydrogens is 398 g/mol. The summed E-state index contributed by atoms with van der Waals surface area (Å²) in [6, 6.07) is 6.21. The third-order valence-corrected chi connectivity index (χ3v) is 4.61. The van der Waals surface area contributed by atoms with Crippen molar-refractivity contribution in [2.24, 2.45) is 0 Å². The van der Waals surface area contributed by atoms with E-state index in [2.05, 4.69) is 20.3 Å². The lowest BCUT2D eigenvalue weighted by molar-refractivity contribution is 0.0793. The monoisotopic (exact) mass is 415 g/mol. The fourth-order valence-corrected chi connectivity index (χ4v) is 3.15. The van der Waals surface area contributed by atoms with Crippen molar-refractivity contribution < 1.29 is 10.2 Å². The fraction of sp³-hybridized carbons (Fsp3) is 0.278. The first-order valence-corrected chi connectivity index (χ1v) is 9.00. The summed E-state index contributed by atoms with van der Waals surface area (Å²) in [5, 5.41) is 31.9. The van der Waals surface area contributed by atoms with Gasteiger partial charge in [0.1, 0.15) is 35.4 Å². The van der Waals surface area contributed by atoms with Gasteiger partial charge in [0.15, 0.2) is 0 Å². The summed E-state index contributed by atoms with van der Waals surface area (Å²) in [4.78, 5) is 25.4. The standard InChI is InChI=1S/C18H18ClN7O3/c1-9(24-16-11(5-20)15(21)22-8-23-16)17-25-13-4-2-3-12(19)14(13)18(29)26(17)6-10(28)7-27/h2-4,8-10,27-28H,6-7H2,1H3,(H3,21,22,23,24)/t9-,10-/m0/s1. The Morgan fingerprint density at radius 3 is 2.86 bits per heavy atom. The van der Waals surface area contributed by atoms with Crippen LogP contribution in [-0.4, -0.2) is 42.4 Å². The molecule has 0 spiro atoms. The Labute approximate surface area is 170 Å². The van der Waals surface area contributed by atoms with Gasteiger partial charge in [0.2, 0.25) is 0 Å². The molecule has 0 aliphatic carbocycles. The van der Waals surface area contributed by atoms with Crippen LogP contribution in [0.1, 0.15) is 24.4 Å². The number of aromatic nitrogens is 4. The molecule has 1 aromatic carbocycles. The smallest absolute Gasteiger partial charge is 0.263 e. The molecule has 10 nitrogen and oxygen atoms in total. The van der Waals surface area contributed by atoms with E-state index in [0.717, 1.165) is 0 Å². The normalized spacial score (nSPS) is 13.1. The molecule has 0 aliphatic rings. The minimum absolute atomic E-state index is 0.0172. The number of benzene rings is 1. The number of hydrogen-bond donors (Lipinski definition) is 4. The molecule has 0 saturated carbocycles. The molecule has 150 valence electrons. The van der Waals surface area contributed by atoms with E-state index in [9.17, 15) is 20.3 Å². The van der Waals surface area contributed by atoms with E-state index in [1.54, 1.807) is 25.1 Å². The zero-order chi connectivity index (χ0) is 21.1. The molecule has 3 rings (SSSR count). The molecule has 0 saturated heterocycles. The third-order valence-electron chi connectivity index (χ3n) is 4.30. The van der Waals surface area contributed by atoms with Gasteiger partial charge in [0, 0.05) is 0 Å². The predicted molar refractivity (Wildman–Crippen MR) is 107 cm³/mol. The van der Waals surface area contributed by atoms with Crippen LogP contribution in [0.4, 0.5) is 11.6 Å². The largest absolute Gasteiger partial charge is 0.394 e. The van der Waals surface area contributed by atoms with Crippen LogP contribution >= 0.6 is 11.6 Å². The fourth-order valence-electron chi connectivity index (χ4n) is 2.90. The number of nitrogens with two attached hydrogens (primary N) is 1. The Morgan fingerprint density at radius 1 is 1.41 bits per heavy atom. The van der Waals surface area contributed by atoms with Crippen LogP contribution < -0.4 is 16.6 Å². The number of halogens is 1. The molecule has 0 unspecified atom stereocenters. The van der Waals surface area contributed by atoms with Crippen molar-refractivity contribution in [1.82, 2.24) is 19.5 Å². The number of nitrogens with one attached hydrogen (secondary N) is 1. The highest BCUT2D eigenvalue weighted by atomic mass is 35.5. The van der Waals surface area contributed by atoms with Crippen LogP contribution in [0.5, 0.6) is 0 Å². The highest BCUT2D eigenvalue weighted by molar-refractivity contribution is 6.35. The number of nitrogen functional groups attached to an aromatic ring is 1. The molecular formula is C18H18ClN7O3. The number of hydrogen-bond acceptors (Lipinski definition) is 9. The maximum atomic E-state index is 13.1. The van der Waals surface area contributed by atoms with Crippen LogP contribution in [-0.2, 0) is 6.54 Å². The number of aliphatic hydroxyl groups is 2. The lowest BCUT2D eigenvalue weighted by Gasteiger charge is -2.21. The van der Waals surface area contributed by atoms with Gasteiger partial charge in [0.05, 0.1) is 41.2 Å². The van der Waals surface area contributed by atoms with Crippen LogP contribution in [0.3, 0.4) is 0 Å². The van der Waals surface area contributed by atoms with Crippen LogP contribution in [0.25, 0.3) is 10.9 Å². The summed E-state index contributed by atoms with van der Waals surface area (Å²) in [6.45, 7) is 0.983. The SMILES string of the molecule is C[C@H](Nc1ncnc(N)c1C#N)c1nc2cccc(Cl)c2c(=O)n1C[C@H](O)CO. The first-order chi connectivity index (χ1) is 13.9. The van der Waals surface area contributed by atoms with Crippen LogP contribution in [0, 0.1) is 11.3 Å². The van der Waals surface area contributed by atoms with Crippen LogP contribution in [0.2, 0.25) is 5.02 Å². The number of anilines is 2. The van der Waals surface area contributed by atoms with E-state index >= 15 is 0 Å². The van der Waals surface area contributed by atoms with E-state index in [0.29, 0.717) is 5.52 Å². The molecule has 3 aromatic rings. The van der Waals surface area contributed by atoms with Gasteiger partial charge < -0.3 is 21.3 Å². The van der Waals surface area contributed by atoms with E-state index in [1.807, 2.05) is 6.07 Å². The first-order valence-electron chi connectivity index (χ1n) is 8.62. The molecule has 0 amide bonds. The average Bonchev–Trinajstić information content (AvgIpc) is 2.69. The number of aliphatic hydroxyl groups excluding tert-OH is 2. The van der Waals surface area contributed by atoms with Gasteiger partial charge in [-0.1, -0.05) is 17.7 Å². The molecule has 2 atom stereocenters. The Hall–Kier alpha value is -3.26. The highest BCUT2D eigenvalue weighted by Gasteiger charge is 2.21. The lowest BCUT2D eigenvalue weighted by Crippen LogP contribution is -2.34. The minimum Gasteiger partial charge on any atom is -0.394 e. The summed E-state index contributed by atoms with van der Waals surface area (Å²) in [5.74, 6) is 0.462. The molecule has 2 heterocycles.